The Hall–Kier alpha value is -2.14. The minimum Gasteiger partial charge on any atom is -0.393 e. The van der Waals surface area contributed by atoms with Crippen LogP contribution in [0.1, 0.15) is 95.7 Å². The van der Waals surface area contributed by atoms with Gasteiger partial charge in [-0.15, -0.1) is 0 Å². The molecule has 1 saturated carbocycles. The normalized spacial score (nSPS) is 23.7. The third-order valence-electron chi connectivity index (χ3n) is 8.64. The van der Waals surface area contributed by atoms with Gasteiger partial charge in [-0.3, -0.25) is 9.48 Å². The second-order valence-corrected chi connectivity index (χ2v) is 10.7. The van der Waals surface area contributed by atoms with Crippen LogP contribution >= 0.6 is 0 Å². The van der Waals surface area contributed by atoms with E-state index in [4.69, 9.17) is 5.10 Å². The Morgan fingerprint density at radius 2 is 1.82 bits per heavy atom. The average Bonchev–Trinajstić information content (AvgIpc) is 3.43. The Morgan fingerprint density at radius 1 is 1.06 bits per heavy atom. The topological polar surface area (TPSA) is 58.4 Å². The quantitative estimate of drug-likeness (QED) is 0.703. The van der Waals surface area contributed by atoms with Crippen molar-refractivity contribution in [3.8, 4) is 0 Å². The van der Waals surface area contributed by atoms with Gasteiger partial charge in [0.25, 0.3) is 5.91 Å². The molecule has 5 nitrogen and oxygen atoms in total. The second-order valence-electron chi connectivity index (χ2n) is 10.7. The van der Waals surface area contributed by atoms with E-state index >= 15 is 0 Å². The number of likely N-dealkylation sites (tertiary alicyclic amines) is 1. The molecule has 33 heavy (non-hydrogen) atoms. The van der Waals surface area contributed by atoms with Gasteiger partial charge in [0.2, 0.25) is 0 Å². The number of amides is 1. The summed E-state index contributed by atoms with van der Waals surface area (Å²) in [6, 6.07) is 6.77. The molecular weight excluding hydrogens is 410 g/mol. The molecule has 5 rings (SSSR count). The van der Waals surface area contributed by atoms with Gasteiger partial charge in [0, 0.05) is 30.9 Å². The minimum atomic E-state index is -0.262. The first-order valence-electron chi connectivity index (χ1n) is 13.1. The van der Waals surface area contributed by atoms with E-state index in [2.05, 4.69) is 36.7 Å². The van der Waals surface area contributed by atoms with Crippen molar-refractivity contribution in [1.82, 2.24) is 14.7 Å². The van der Waals surface area contributed by atoms with Crippen molar-refractivity contribution in [1.29, 1.82) is 0 Å². The van der Waals surface area contributed by atoms with Gasteiger partial charge in [-0.25, -0.2) is 0 Å². The van der Waals surface area contributed by atoms with E-state index in [9.17, 15) is 9.90 Å². The Bertz CT molecular complexity index is 995. The van der Waals surface area contributed by atoms with Gasteiger partial charge in [-0.05, 0) is 107 Å². The summed E-state index contributed by atoms with van der Waals surface area (Å²) in [5.41, 5.74) is 7.65. The van der Waals surface area contributed by atoms with Crippen molar-refractivity contribution in [3.05, 3.63) is 51.8 Å². The number of aliphatic hydroxyl groups is 1. The van der Waals surface area contributed by atoms with Crippen LogP contribution in [0, 0.1) is 19.8 Å². The molecule has 1 amide bonds. The lowest BCUT2D eigenvalue weighted by atomic mass is 9.76. The van der Waals surface area contributed by atoms with Crippen LogP contribution in [0.4, 0.5) is 0 Å². The fraction of sp³-hybridized carbons (Fsp3) is 0.643. The van der Waals surface area contributed by atoms with E-state index < -0.39 is 0 Å². The lowest BCUT2D eigenvalue weighted by molar-refractivity contribution is 0.0540. The first-order chi connectivity index (χ1) is 16.0. The van der Waals surface area contributed by atoms with Crippen molar-refractivity contribution >= 4 is 5.91 Å². The van der Waals surface area contributed by atoms with Gasteiger partial charge in [0.15, 0.2) is 5.69 Å². The third kappa shape index (κ3) is 4.62. The molecule has 2 aliphatic carbocycles. The first kappa shape index (κ1) is 22.6. The zero-order valence-electron chi connectivity index (χ0n) is 20.4. The number of carbonyl (C=O) groups excluding carboxylic acids is 1. The number of piperidine rings is 1. The second kappa shape index (κ2) is 9.61. The van der Waals surface area contributed by atoms with E-state index in [1.807, 2.05) is 4.90 Å². The number of hydrogen-bond acceptors (Lipinski definition) is 3. The molecule has 3 aliphatic rings. The summed E-state index contributed by atoms with van der Waals surface area (Å²) in [6.45, 7) is 6.73. The number of hydrogen-bond donors (Lipinski definition) is 1. The van der Waals surface area contributed by atoms with Crippen molar-refractivity contribution in [2.75, 3.05) is 13.1 Å². The van der Waals surface area contributed by atoms with Crippen LogP contribution < -0.4 is 0 Å². The molecule has 5 heteroatoms. The van der Waals surface area contributed by atoms with Gasteiger partial charge in [-0.2, -0.15) is 5.10 Å². The molecule has 1 aromatic carbocycles. The molecule has 0 spiro atoms. The van der Waals surface area contributed by atoms with Crippen LogP contribution in [0.3, 0.4) is 0 Å². The summed E-state index contributed by atoms with van der Waals surface area (Å²) in [5.74, 6) is 1.55. The van der Waals surface area contributed by atoms with Gasteiger partial charge in [-0.1, -0.05) is 18.2 Å². The van der Waals surface area contributed by atoms with E-state index in [1.54, 1.807) is 5.56 Å². The average molecular weight is 450 g/mol. The number of fused-ring (bicyclic) bond motifs is 1. The van der Waals surface area contributed by atoms with Crippen LogP contribution in [-0.4, -0.2) is 44.9 Å². The zero-order valence-corrected chi connectivity index (χ0v) is 20.4. The molecule has 1 N–H and O–H groups in total. The maximum absolute atomic E-state index is 13.2. The summed E-state index contributed by atoms with van der Waals surface area (Å²) in [4.78, 5) is 15.1. The van der Waals surface area contributed by atoms with Crippen LogP contribution in [0.5, 0.6) is 0 Å². The van der Waals surface area contributed by atoms with Crippen LogP contribution in [0.15, 0.2) is 18.2 Å². The number of nitrogens with zero attached hydrogens (tertiary/aromatic N) is 3. The lowest BCUT2D eigenvalue weighted by Crippen LogP contribution is -2.40. The highest BCUT2D eigenvalue weighted by Crippen LogP contribution is 2.39. The maximum atomic E-state index is 13.2. The van der Waals surface area contributed by atoms with Gasteiger partial charge in [0.1, 0.15) is 0 Å². The third-order valence-corrected chi connectivity index (χ3v) is 8.64. The molecule has 2 aromatic rings. The zero-order chi connectivity index (χ0) is 22.9. The van der Waals surface area contributed by atoms with Crippen molar-refractivity contribution in [2.45, 2.75) is 96.6 Å². The number of aromatic nitrogens is 2. The summed E-state index contributed by atoms with van der Waals surface area (Å²) in [5, 5.41) is 14.6. The number of aliphatic hydroxyl groups excluding tert-OH is 1. The minimum absolute atomic E-state index is 0.0767. The molecule has 0 atom stereocenters. The van der Waals surface area contributed by atoms with E-state index in [0.717, 1.165) is 38.1 Å². The van der Waals surface area contributed by atoms with E-state index in [1.165, 1.54) is 48.1 Å². The smallest absolute Gasteiger partial charge is 0.274 e. The monoisotopic (exact) mass is 449 g/mol. The van der Waals surface area contributed by atoms with Crippen LogP contribution in [-0.2, 0) is 19.4 Å². The molecule has 0 unspecified atom stereocenters. The maximum Gasteiger partial charge on any atom is 0.274 e. The Labute approximate surface area is 198 Å². The lowest BCUT2D eigenvalue weighted by Gasteiger charge is -2.30. The number of benzene rings is 1. The number of rotatable bonds is 5. The highest BCUT2D eigenvalue weighted by atomic mass is 16.3. The van der Waals surface area contributed by atoms with Gasteiger partial charge in [0.05, 0.1) is 6.10 Å². The standard InChI is InChI=1S/C28H39N3O2/c1-19-5-3-6-24(20(19)2)22-11-9-21(10-12-22)13-18-31-26-8-4-7-25(26)27(29-31)28(33)30-16-14-23(32)15-17-30/h3,5-6,21-23,32H,4,7-18H2,1-2H3. The van der Waals surface area contributed by atoms with Gasteiger partial charge >= 0.3 is 0 Å². The highest BCUT2D eigenvalue weighted by molar-refractivity contribution is 5.94. The SMILES string of the molecule is Cc1cccc(C2CCC(CCn3nc(C(=O)N4CCC(O)CC4)c4c3CCC4)CC2)c1C. The summed E-state index contributed by atoms with van der Waals surface area (Å²) in [7, 11) is 0. The molecule has 1 aliphatic heterocycles. The molecule has 178 valence electrons. The first-order valence-corrected chi connectivity index (χ1v) is 13.1. The van der Waals surface area contributed by atoms with E-state index in [-0.39, 0.29) is 12.0 Å². The predicted octanol–water partition coefficient (Wildman–Crippen LogP) is 4.95. The molecule has 1 saturated heterocycles. The van der Waals surface area contributed by atoms with Crippen LogP contribution in [0.25, 0.3) is 0 Å². The Balaban J connectivity index is 1.20. The molecule has 2 fully saturated rings. The largest absolute Gasteiger partial charge is 0.393 e. The Kier molecular flexibility index (Phi) is 6.60. The van der Waals surface area contributed by atoms with Crippen molar-refractivity contribution in [2.24, 2.45) is 5.92 Å². The fourth-order valence-corrected chi connectivity index (χ4v) is 6.37. The predicted molar refractivity (Wildman–Crippen MR) is 131 cm³/mol. The van der Waals surface area contributed by atoms with Crippen LogP contribution in [0.2, 0.25) is 0 Å². The summed E-state index contributed by atoms with van der Waals surface area (Å²) in [6.07, 6.45) is 10.6. The number of aryl methyl sites for hydroxylation is 2. The molecule has 0 radical (unpaired) electrons. The fourth-order valence-electron chi connectivity index (χ4n) is 6.37. The van der Waals surface area contributed by atoms with Gasteiger partial charge < -0.3 is 10.0 Å². The molecule has 2 heterocycles. The molecule has 1 aromatic heterocycles. The highest BCUT2D eigenvalue weighted by Gasteiger charge is 2.31. The molecular formula is C28H39N3O2. The van der Waals surface area contributed by atoms with E-state index in [0.29, 0.717) is 37.5 Å². The Morgan fingerprint density at radius 3 is 2.58 bits per heavy atom. The van der Waals surface area contributed by atoms with Crippen molar-refractivity contribution < 1.29 is 9.90 Å². The number of carbonyl (C=O) groups is 1. The summed E-state index contributed by atoms with van der Waals surface area (Å²) >= 11 is 0. The van der Waals surface area contributed by atoms with Crippen molar-refractivity contribution in [3.63, 3.8) is 0 Å². The molecule has 0 bridgehead atoms. The summed E-state index contributed by atoms with van der Waals surface area (Å²) < 4.78 is 2.17.